The maximum absolute atomic E-state index is 5.62. The van der Waals surface area contributed by atoms with Crippen LogP contribution >= 0.6 is 0 Å². The van der Waals surface area contributed by atoms with Crippen molar-refractivity contribution in [1.82, 2.24) is 29.9 Å². The zero-order valence-electron chi connectivity index (χ0n) is 10.8. The van der Waals surface area contributed by atoms with E-state index in [1.807, 2.05) is 6.20 Å². The Labute approximate surface area is 111 Å². The maximum Gasteiger partial charge on any atom is 0.199 e. The van der Waals surface area contributed by atoms with Crippen molar-refractivity contribution in [2.24, 2.45) is 5.73 Å². The van der Waals surface area contributed by atoms with Crippen molar-refractivity contribution < 1.29 is 0 Å². The number of hydrogen-bond acceptors (Lipinski definition) is 7. The summed E-state index contributed by atoms with van der Waals surface area (Å²) < 4.78 is 1.74. The highest BCUT2D eigenvalue weighted by molar-refractivity contribution is 5.46. The fourth-order valence-corrected chi connectivity index (χ4v) is 2.48. The number of nitrogens with two attached hydrogens (primary N) is 1. The molecule has 2 N–H and O–H groups in total. The van der Waals surface area contributed by atoms with E-state index in [0.29, 0.717) is 12.2 Å². The molecular formula is C11H18N8. The van der Waals surface area contributed by atoms with Crippen LogP contribution in [0.25, 0.3) is 5.65 Å². The molecule has 0 radical (unpaired) electrons. The zero-order valence-corrected chi connectivity index (χ0v) is 10.8. The lowest BCUT2D eigenvalue weighted by Gasteiger charge is -2.22. The molecule has 1 aliphatic heterocycles. The normalized spacial score (nSPS) is 17.8. The Morgan fingerprint density at radius 2 is 2.11 bits per heavy atom. The Hall–Kier alpha value is -1.80. The van der Waals surface area contributed by atoms with Crippen LogP contribution in [0.1, 0.15) is 6.42 Å². The molecule has 2 aromatic rings. The van der Waals surface area contributed by atoms with Gasteiger partial charge in [-0.05, 0) is 23.4 Å². The molecule has 0 aliphatic carbocycles. The number of tetrazole rings is 1. The summed E-state index contributed by atoms with van der Waals surface area (Å²) in [5.41, 5.74) is 6.30. The lowest BCUT2D eigenvalue weighted by atomic mass is 10.4. The molecule has 102 valence electrons. The van der Waals surface area contributed by atoms with Crippen molar-refractivity contribution in [3.8, 4) is 0 Å². The van der Waals surface area contributed by atoms with Gasteiger partial charge in [0.05, 0.1) is 12.4 Å². The van der Waals surface area contributed by atoms with Gasteiger partial charge in [-0.15, -0.1) is 5.10 Å². The standard InChI is InChI=1S/C11H18N8/c12-2-5-17-3-1-4-18(7-6-17)11-9-13-8-10-14-15-16-19(10)11/h8-9H,1-7,12H2. The van der Waals surface area contributed by atoms with E-state index in [9.17, 15) is 0 Å². The third kappa shape index (κ3) is 2.49. The lowest BCUT2D eigenvalue weighted by molar-refractivity contribution is 0.302. The predicted octanol–water partition coefficient (Wildman–Crippen LogP) is -1.01. The molecule has 0 saturated carbocycles. The molecule has 0 unspecified atom stereocenters. The van der Waals surface area contributed by atoms with Crippen molar-refractivity contribution in [2.75, 3.05) is 44.2 Å². The van der Waals surface area contributed by atoms with E-state index in [-0.39, 0.29) is 0 Å². The summed E-state index contributed by atoms with van der Waals surface area (Å²) in [7, 11) is 0. The molecule has 3 rings (SSSR count). The van der Waals surface area contributed by atoms with Crippen LogP contribution in [0.15, 0.2) is 12.4 Å². The second kappa shape index (κ2) is 5.45. The summed E-state index contributed by atoms with van der Waals surface area (Å²) in [6, 6.07) is 0. The van der Waals surface area contributed by atoms with Crippen LogP contribution in [0, 0.1) is 0 Å². The summed E-state index contributed by atoms with van der Waals surface area (Å²) in [5, 5.41) is 11.6. The van der Waals surface area contributed by atoms with Gasteiger partial charge in [0.25, 0.3) is 0 Å². The van der Waals surface area contributed by atoms with Gasteiger partial charge in [-0.2, -0.15) is 4.52 Å². The zero-order chi connectivity index (χ0) is 13.1. The maximum atomic E-state index is 5.62. The second-order valence-electron chi connectivity index (χ2n) is 4.69. The molecule has 0 bridgehead atoms. The Kier molecular flexibility index (Phi) is 3.51. The van der Waals surface area contributed by atoms with E-state index < -0.39 is 0 Å². The Morgan fingerprint density at radius 3 is 3.00 bits per heavy atom. The van der Waals surface area contributed by atoms with Crippen LogP contribution in [0.5, 0.6) is 0 Å². The molecule has 0 spiro atoms. The molecule has 2 aromatic heterocycles. The van der Waals surface area contributed by atoms with Crippen LogP contribution in [0.4, 0.5) is 5.82 Å². The first kappa shape index (κ1) is 12.2. The Morgan fingerprint density at radius 1 is 1.16 bits per heavy atom. The Bertz CT molecular complexity index is 538. The van der Waals surface area contributed by atoms with Gasteiger partial charge in [0.1, 0.15) is 0 Å². The number of rotatable bonds is 3. The van der Waals surface area contributed by atoms with Gasteiger partial charge in [-0.1, -0.05) is 0 Å². The highest BCUT2D eigenvalue weighted by atomic mass is 15.5. The molecule has 1 aliphatic rings. The quantitative estimate of drug-likeness (QED) is 0.758. The molecule has 19 heavy (non-hydrogen) atoms. The van der Waals surface area contributed by atoms with Gasteiger partial charge < -0.3 is 15.5 Å². The minimum atomic E-state index is 0.681. The Balaban J connectivity index is 1.80. The predicted molar refractivity (Wildman–Crippen MR) is 70.9 cm³/mol. The largest absolute Gasteiger partial charge is 0.354 e. The summed E-state index contributed by atoms with van der Waals surface area (Å²) in [6.45, 7) is 5.70. The van der Waals surface area contributed by atoms with Gasteiger partial charge >= 0.3 is 0 Å². The van der Waals surface area contributed by atoms with Crippen LogP contribution in [0.3, 0.4) is 0 Å². The summed E-state index contributed by atoms with van der Waals surface area (Å²) in [6.07, 6.45) is 4.60. The first-order valence-corrected chi connectivity index (χ1v) is 6.58. The monoisotopic (exact) mass is 262 g/mol. The van der Waals surface area contributed by atoms with E-state index in [1.165, 1.54) is 0 Å². The highest BCUT2D eigenvalue weighted by Crippen LogP contribution is 2.15. The molecule has 0 amide bonds. The SMILES string of the molecule is NCCN1CCCN(c2cncc3nnnn23)CC1. The fraction of sp³-hybridized carbons (Fsp3) is 0.636. The van der Waals surface area contributed by atoms with Gasteiger partial charge in [0, 0.05) is 32.7 Å². The first-order valence-electron chi connectivity index (χ1n) is 6.58. The van der Waals surface area contributed by atoms with Crippen molar-refractivity contribution in [3.63, 3.8) is 0 Å². The molecular weight excluding hydrogens is 244 g/mol. The molecule has 3 heterocycles. The summed E-state index contributed by atoms with van der Waals surface area (Å²) >= 11 is 0. The molecule has 8 nitrogen and oxygen atoms in total. The summed E-state index contributed by atoms with van der Waals surface area (Å²) in [5.74, 6) is 0.956. The van der Waals surface area contributed by atoms with Gasteiger partial charge in [-0.25, -0.2) is 0 Å². The van der Waals surface area contributed by atoms with Crippen molar-refractivity contribution in [2.45, 2.75) is 6.42 Å². The number of fused-ring (bicyclic) bond motifs is 1. The van der Waals surface area contributed by atoms with Gasteiger partial charge in [0.15, 0.2) is 11.5 Å². The van der Waals surface area contributed by atoms with Crippen molar-refractivity contribution in [3.05, 3.63) is 12.4 Å². The van der Waals surface area contributed by atoms with E-state index in [2.05, 4.69) is 30.3 Å². The van der Waals surface area contributed by atoms with Crippen molar-refractivity contribution in [1.29, 1.82) is 0 Å². The lowest BCUT2D eigenvalue weighted by Crippen LogP contribution is -2.34. The minimum absolute atomic E-state index is 0.681. The van der Waals surface area contributed by atoms with Crippen LogP contribution < -0.4 is 10.6 Å². The molecule has 0 atom stereocenters. The van der Waals surface area contributed by atoms with E-state index in [0.717, 1.165) is 45.0 Å². The van der Waals surface area contributed by atoms with Crippen LogP contribution in [-0.2, 0) is 0 Å². The average molecular weight is 262 g/mol. The molecule has 0 aromatic carbocycles. The number of hydrogen-bond donors (Lipinski definition) is 1. The number of nitrogens with zero attached hydrogens (tertiary/aromatic N) is 7. The van der Waals surface area contributed by atoms with E-state index >= 15 is 0 Å². The van der Waals surface area contributed by atoms with Gasteiger partial charge in [-0.3, -0.25) is 4.98 Å². The van der Waals surface area contributed by atoms with E-state index in [4.69, 9.17) is 5.73 Å². The third-order valence-electron chi connectivity index (χ3n) is 3.45. The minimum Gasteiger partial charge on any atom is -0.354 e. The van der Waals surface area contributed by atoms with Crippen LogP contribution in [0.2, 0.25) is 0 Å². The fourth-order valence-electron chi connectivity index (χ4n) is 2.48. The average Bonchev–Trinajstić information content (AvgIpc) is 2.79. The number of anilines is 1. The third-order valence-corrected chi connectivity index (χ3v) is 3.45. The second-order valence-corrected chi connectivity index (χ2v) is 4.69. The molecule has 8 heteroatoms. The van der Waals surface area contributed by atoms with Crippen LogP contribution in [-0.4, -0.2) is 69.2 Å². The summed E-state index contributed by atoms with van der Waals surface area (Å²) in [4.78, 5) is 8.89. The topological polar surface area (TPSA) is 88.5 Å². The smallest absolute Gasteiger partial charge is 0.199 e. The van der Waals surface area contributed by atoms with E-state index in [1.54, 1.807) is 10.7 Å². The molecule has 1 saturated heterocycles. The van der Waals surface area contributed by atoms with Gasteiger partial charge in [0.2, 0.25) is 0 Å². The number of aromatic nitrogens is 5. The highest BCUT2D eigenvalue weighted by Gasteiger charge is 2.17. The first-order chi connectivity index (χ1) is 9.38. The van der Waals surface area contributed by atoms with Crippen molar-refractivity contribution >= 4 is 11.5 Å². The molecule has 1 fully saturated rings.